The third kappa shape index (κ3) is 3.35. The Hall–Kier alpha value is -0.000000000000000111. The molecule has 0 N–H and O–H groups in total. The first-order valence-corrected chi connectivity index (χ1v) is 9.57. The minimum Gasteiger partial charge on any atom is -0.207 e. The molecular formula is C14H18Cl3NO2S. The van der Waals surface area contributed by atoms with Gasteiger partial charge >= 0.3 is 0 Å². The zero-order valence-corrected chi connectivity index (χ0v) is 15.0. The normalized spacial score (nSPS) is 24.2. The molecule has 2 rings (SSSR count). The highest BCUT2D eigenvalue weighted by molar-refractivity contribution is 7.89. The molecule has 2 unspecified atom stereocenters. The molecule has 1 aromatic carbocycles. The van der Waals surface area contributed by atoms with E-state index in [9.17, 15) is 8.42 Å². The number of hydrogen-bond acceptors (Lipinski definition) is 2. The van der Waals surface area contributed by atoms with E-state index in [4.69, 9.17) is 34.8 Å². The smallest absolute Gasteiger partial charge is 0.207 e. The minimum absolute atomic E-state index is 0.0463. The van der Waals surface area contributed by atoms with Crippen LogP contribution < -0.4 is 0 Å². The first kappa shape index (κ1) is 17.4. The molecule has 3 nitrogen and oxygen atoms in total. The van der Waals surface area contributed by atoms with Crippen LogP contribution in [0, 0.1) is 5.92 Å². The van der Waals surface area contributed by atoms with Crippen LogP contribution in [0.15, 0.2) is 17.0 Å². The number of halogens is 3. The van der Waals surface area contributed by atoms with Crippen LogP contribution in [-0.2, 0) is 15.9 Å². The zero-order valence-electron chi connectivity index (χ0n) is 11.9. The van der Waals surface area contributed by atoms with Gasteiger partial charge in [-0.15, -0.1) is 11.6 Å². The van der Waals surface area contributed by atoms with E-state index >= 15 is 0 Å². The third-order valence-corrected chi connectivity index (χ3v) is 7.24. The Bertz CT molecular complexity index is 633. The minimum atomic E-state index is -3.64. The third-order valence-electron chi connectivity index (χ3n) is 4.15. The summed E-state index contributed by atoms with van der Waals surface area (Å²) in [5.74, 6) is 0.469. The second-order valence-corrected chi connectivity index (χ2v) is 8.42. The molecule has 0 saturated carbocycles. The maximum absolute atomic E-state index is 12.9. The maximum Gasteiger partial charge on any atom is 0.244 e. The maximum atomic E-state index is 12.9. The van der Waals surface area contributed by atoms with Gasteiger partial charge in [-0.1, -0.05) is 30.1 Å². The highest BCUT2D eigenvalue weighted by Crippen LogP contribution is 2.34. The predicted octanol–water partition coefficient (Wildman–Crippen LogP) is 4.54. The van der Waals surface area contributed by atoms with E-state index in [1.807, 2.05) is 6.92 Å². The van der Waals surface area contributed by atoms with Crippen molar-refractivity contribution >= 4 is 44.8 Å². The van der Waals surface area contributed by atoms with E-state index in [1.54, 1.807) is 0 Å². The summed E-state index contributed by atoms with van der Waals surface area (Å²) in [6, 6.07) is 2.89. The molecule has 1 fully saturated rings. The van der Waals surface area contributed by atoms with Crippen molar-refractivity contribution in [2.24, 2.45) is 5.92 Å². The fraction of sp³-hybridized carbons (Fsp3) is 0.571. The molecule has 1 aromatic rings. The van der Waals surface area contributed by atoms with Gasteiger partial charge in [0, 0.05) is 23.5 Å². The van der Waals surface area contributed by atoms with Crippen molar-refractivity contribution in [3.63, 3.8) is 0 Å². The fourth-order valence-corrected chi connectivity index (χ4v) is 5.53. The van der Waals surface area contributed by atoms with Crippen LogP contribution in [-0.4, -0.2) is 25.3 Å². The first-order valence-electron chi connectivity index (χ1n) is 6.84. The Morgan fingerprint density at radius 3 is 2.52 bits per heavy atom. The number of sulfonamides is 1. The average Bonchev–Trinajstić information content (AvgIpc) is 2.41. The Morgan fingerprint density at radius 1 is 1.24 bits per heavy atom. The van der Waals surface area contributed by atoms with E-state index in [0.29, 0.717) is 23.0 Å². The van der Waals surface area contributed by atoms with Crippen molar-refractivity contribution < 1.29 is 8.42 Å². The standard InChI is InChI=1S/C14H18Cl3NO2S/c1-9-4-3-5-18(10(9)2)21(19,20)14-6-11(8-15)12(16)7-13(14)17/h6-7,9-10H,3-5,8H2,1-2H3. The summed E-state index contributed by atoms with van der Waals surface area (Å²) >= 11 is 17.9. The van der Waals surface area contributed by atoms with E-state index < -0.39 is 10.0 Å². The van der Waals surface area contributed by atoms with Crippen LogP contribution in [0.3, 0.4) is 0 Å². The molecule has 0 aliphatic carbocycles. The second kappa shape index (κ2) is 6.63. The first-order chi connectivity index (χ1) is 9.78. The largest absolute Gasteiger partial charge is 0.244 e. The fourth-order valence-electron chi connectivity index (χ4n) is 2.63. The van der Waals surface area contributed by atoms with Gasteiger partial charge in [0.15, 0.2) is 0 Å². The number of alkyl halides is 1. The summed E-state index contributed by atoms with van der Waals surface area (Å²) in [5, 5.41) is 0.522. The van der Waals surface area contributed by atoms with Crippen LogP contribution in [0.25, 0.3) is 0 Å². The molecule has 21 heavy (non-hydrogen) atoms. The Labute approximate surface area is 141 Å². The van der Waals surface area contributed by atoms with Crippen LogP contribution in [0.2, 0.25) is 10.0 Å². The van der Waals surface area contributed by atoms with Crippen LogP contribution in [0.5, 0.6) is 0 Å². The molecule has 118 valence electrons. The topological polar surface area (TPSA) is 37.4 Å². The molecule has 1 aliphatic rings. The Balaban J connectivity index is 2.49. The number of nitrogens with zero attached hydrogens (tertiary/aromatic N) is 1. The number of hydrogen-bond donors (Lipinski definition) is 0. The Kier molecular flexibility index (Phi) is 5.48. The zero-order chi connectivity index (χ0) is 15.8. The second-order valence-electron chi connectivity index (χ2n) is 5.48. The van der Waals surface area contributed by atoms with Gasteiger partial charge < -0.3 is 0 Å². The van der Waals surface area contributed by atoms with Gasteiger partial charge in [-0.25, -0.2) is 8.42 Å². The van der Waals surface area contributed by atoms with Crippen molar-refractivity contribution in [3.05, 3.63) is 27.7 Å². The summed E-state index contributed by atoms with van der Waals surface area (Å²) in [4.78, 5) is 0.0881. The Morgan fingerprint density at radius 2 is 1.90 bits per heavy atom. The van der Waals surface area contributed by atoms with Gasteiger partial charge in [0.1, 0.15) is 4.90 Å². The van der Waals surface area contributed by atoms with Crippen molar-refractivity contribution in [3.8, 4) is 0 Å². The van der Waals surface area contributed by atoms with Crippen molar-refractivity contribution in [1.29, 1.82) is 0 Å². The van der Waals surface area contributed by atoms with Crippen LogP contribution >= 0.6 is 34.8 Å². The molecule has 1 aliphatic heterocycles. The average molecular weight is 371 g/mol. The molecule has 0 aromatic heterocycles. The number of rotatable bonds is 3. The van der Waals surface area contributed by atoms with Crippen molar-refractivity contribution in [2.45, 2.75) is 43.5 Å². The van der Waals surface area contributed by atoms with Gasteiger partial charge in [0.05, 0.1) is 5.02 Å². The molecule has 2 atom stereocenters. The molecule has 1 heterocycles. The molecule has 0 radical (unpaired) electrons. The lowest BCUT2D eigenvalue weighted by Gasteiger charge is -2.37. The van der Waals surface area contributed by atoms with Crippen molar-refractivity contribution in [2.75, 3.05) is 6.54 Å². The predicted molar refractivity (Wildman–Crippen MR) is 87.8 cm³/mol. The monoisotopic (exact) mass is 369 g/mol. The molecule has 7 heteroatoms. The van der Waals surface area contributed by atoms with E-state index in [-0.39, 0.29) is 21.8 Å². The molecule has 1 saturated heterocycles. The van der Waals surface area contributed by atoms with Gasteiger partial charge in [0.2, 0.25) is 10.0 Å². The summed E-state index contributed by atoms with van der Waals surface area (Å²) in [6.07, 6.45) is 1.90. The highest BCUT2D eigenvalue weighted by atomic mass is 35.5. The van der Waals surface area contributed by atoms with E-state index in [1.165, 1.54) is 16.4 Å². The highest BCUT2D eigenvalue weighted by Gasteiger charge is 2.35. The van der Waals surface area contributed by atoms with Gasteiger partial charge in [-0.05, 0) is 43.4 Å². The molecule has 0 amide bonds. The van der Waals surface area contributed by atoms with E-state index in [2.05, 4.69) is 6.92 Å². The summed E-state index contributed by atoms with van der Waals surface area (Å²) in [6.45, 7) is 4.52. The van der Waals surface area contributed by atoms with Gasteiger partial charge in [0.25, 0.3) is 0 Å². The summed E-state index contributed by atoms with van der Waals surface area (Å²) in [5.41, 5.74) is 0.569. The molecule has 0 bridgehead atoms. The summed E-state index contributed by atoms with van der Waals surface area (Å²) in [7, 11) is -3.64. The molecular weight excluding hydrogens is 353 g/mol. The quantitative estimate of drug-likeness (QED) is 0.732. The van der Waals surface area contributed by atoms with Gasteiger partial charge in [-0.2, -0.15) is 4.31 Å². The molecule has 0 spiro atoms. The van der Waals surface area contributed by atoms with Crippen LogP contribution in [0.4, 0.5) is 0 Å². The SMILES string of the molecule is CC1CCCN(S(=O)(=O)c2cc(CCl)c(Cl)cc2Cl)C1C. The van der Waals surface area contributed by atoms with E-state index in [0.717, 1.165) is 12.8 Å². The number of piperidine rings is 1. The summed E-state index contributed by atoms with van der Waals surface area (Å²) < 4.78 is 27.3. The lowest BCUT2D eigenvalue weighted by molar-refractivity contribution is 0.202. The number of benzene rings is 1. The van der Waals surface area contributed by atoms with Crippen LogP contribution in [0.1, 0.15) is 32.3 Å². The lowest BCUT2D eigenvalue weighted by atomic mass is 9.94. The lowest BCUT2D eigenvalue weighted by Crippen LogP contribution is -2.45. The van der Waals surface area contributed by atoms with Gasteiger partial charge in [-0.3, -0.25) is 0 Å². The van der Waals surface area contributed by atoms with Crippen molar-refractivity contribution in [1.82, 2.24) is 4.31 Å².